The first-order chi connectivity index (χ1) is 16.2. The van der Waals surface area contributed by atoms with Crippen molar-refractivity contribution in [2.24, 2.45) is 0 Å². The molecule has 174 valence electrons. The summed E-state index contributed by atoms with van der Waals surface area (Å²) in [5.41, 5.74) is 2.45. The molecule has 2 aromatic heterocycles. The van der Waals surface area contributed by atoms with E-state index in [0.717, 1.165) is 67.8 Å². The number of hydrogen-bond acceptors (Lipinski definition) is 6. The number of hydrogen-bond donors (Lipinski definition) is 2. The quantitative estimate of drug-likeness (QED) is 0.498. The summed E-state index contributed by atoms with van der Waals surface area (Å²) in [5.74, 6) is 1.08. The number of benzene rings is 1. The molecule has 5 rings (SSSR count). The van der Waals surface area contributed by atoms with Crippen LogP contribution in [-0.4, -0.2) is 39.4 Å². The average Bonchev–Trinajstić information content (AvgIpc) is 3.45. The van der Waals surface area contributed by atoms with Crippen molar-refractivity contribution in [1.82, 2.24) is 20.2 Å². The standard InChI is InChI=1S/C25H30FN5OS/c26-13-21-12-22-24(28-16-29-25(22)33-21)30-20-4-1-3-19(11-20)27-14-17-6-8-18(9-7-17)15-31-10-2-5-23(31)32/h6-9,12,16,19-20,27H,1-5,10-11,13-15H2,(H,28,29,30). The van der Waals surface area contributed by atoms with E-state index in [9.17, 15) is 9.18 Å². The molecule has 8 heteroatoms. The number of aromatic nitrogens is 2. The first kappa shape index (κ1) is 22.2. The van der Waals surface area contributed by atoms with Gasteiger partial charge in [-0.15, -0.1) is 11.3 Å². The number of nitrogens with zero attached hydrogens (tertiary/aromatic N) is 3. The Morgan fingerprint density at radius 2 is 1.91 bits per heavy atom. The molecule has 2 aliphatic rings. The summed E-state index contributed by atoms with van der Waals surface area (Å²) in [7, 11) is 0. The Balaban J connectivity index is 1.14. The molecule has 2 N–H and O–H groups in total. The fourth-order valence-electron chi connectivity index (χ4n) is 4.90. The maximum absolute atomic E-state index is 13.1. The fraction of sp³-hybridized carbons (Fsp3) is 0.480. The molecule has 1 aliphatic carbocycles. The van der Waals surface area contributed by atoms with Gasteiger partial charge in [0.2, 0.25) is 5.91 Å². The first-order valence-corrected chi connectivity index (χ1v) is 12.6. The molecule has 0 spiro atoms. The van der Waals surface area contributed by atoms with Gasteiger partial charge in [0, 0.05) is 43.0 Å². The van der Waals surface area contributed by atoms with Crippen LogP contribution in [0.1, 0.15) is 54.5 Å². The number of fused-ring (bicyclic) bond motifs is 1. The molecular weight excluding hydrogens is 437 g/mol. The summed E-state index contributed by atoms with van der Waals surface area (Å²) in [6.45, 7) is 1.97. The molecular formula is C25H30FN5OS. The van der Waals surface area contributed by atoms with Gasteiger partial charge in [0.25, 0.3) is 0 Å². The fourth-order valence-corrected chi connectivity index (χ4v) is 5.75. The zero-order valence-corrected chi connectivity index (χ0v) is 19.5. The number of carbonyl (C=O) groups excluding carboxylic acids is 1. The van der Waals surface area contributed by atoms with Crippen LogP contribution in [0.15, 0.2) is 36.7 Å². The van der Waals surface area contributed by atoms with Gasteiger partial charge in [-0.3, -0.25) is 4.79 Å². The lowest BCUT2D eigenvalue weighted by atomic mass is 9.90. The molecule has 0 bridgehead atoms. The van der Waals surface area contributed by atoms with E-state index in [0.29, 0.717) is 23.4 Å². The highest BCUT2D eigenvalue weighted by molar-refractivity contribution is 7.18. The Bertz CT molecular complexity index is 1100. The van der Waals surface area contributed by atoms with Crippen molar-refractivity contribution in [2.45, 2.75) is 70.4 Å². The van der Waals surface area contributed by atoms with Crippen molar-refractivity contribution in [3.63, 3.8) is 0 Å². The third-order valence-electron chi connectivity index (χ3n) is 6.69. The number of amides is 1. The van der Waals surface area contributed by atoms with E-state index in [2.05, 4.69) is 44.9 Å². The Morgan fingerprint density at radius 1 is 1.09 bits per heavy atom. The van der Waals surface area contributed by atoms with E-state index in [1.165, 1.54) is 22.5 Å². The molecule has 3 aromatic rings. The van der Waals surface area contributed by atoms with Crippen molar-refractivity contribution >= 4 is 33.3 Å². The molecule has 1 aliphatic heterocycles. The average molecular weight is 468 g/mol. The van der Waals surface area contributed by atoms with Crippen LogP contribution in [0, 0.1) is 0 Å². The van der Waals surface area contributed by atoms with E-state index < -0.39 is 6.67 Å². The minimum atomic E-state index is -0.465. The van der Waals surface area contributed by atoms with Crippen LogP contribution in [0.25, 0.3) is 10.2 Å². The van der Waals surface area contributed by atoms with Gasteiger partial charge in [-0.25, -0.2) is 14.4 Å². The van der Waals surface area contributed by atoms with Crippen molar-refractivity contribution in [2.75, 3.05) is 11.9 Å². The molecule has 2 unspecified atom stereocenters. The van der Waals surface area contributed by atoms with Crippen molar-refractivity contribution in [3.05, 3.63) is 52.7 Å². The van der Waals surface area contributed by atoms with Gasteiger partial charge >= 0.3 is 0 Å². The van der Waals surface area contributed by atoms with Gasteiger partial charge in [-0.2, -0.15) is 0 Å². The number of carbonyl (C=O) groups is 1. The Hall–Kier alpha value is -2.58. The maximum atomic E-state index is 13.1. The second kappa shape index (κ2) is 10.1. The normalized spacial score (nSPS) is 21.1. The second-order valence-electron chi connectivity index (χ2n) is 9.11. The highest BCUT2D eigenvalue weighted by Crippen LogP contribution is 2.30. The van der Waals surface area contributed by atoms with Gasteiger partial charge in [-0.1, -0.05) is 24.3 Å². The number of nitrogens with one attached hydrogen (secondary N) is 2. The third kappa shape index (κ3) is 5.33. The van der Waals surface area contributed by atoms with Gasteiger partial charge in [0.05, 0.1) is 5.39 Å². The van der Waals surface area contributed by atoms with E-state index in [-0.39, 0.29) is 5.91 Å². The third-order valence-corrected chi connectivity index (χ3v) is 7.70. The van der Waals surface area contributed by atoms with Crippen LogP contribution < -0.4 is 10.6 Å². The van der Waals surface area contributed by atoms with Crippen LogP contribution in [0.2, 0.25) is 0 Å². The number of alkyl halides is 1. The van der Waals surface area contributed by atoms with Gasteiger partial charge < -0.3 is 15.5 Å². The molecule has 1 saturated heterocycles. The highest BCUT2D eigenvalue weighted by Gasteiger charge is 2.23. The number of likely N-dealkylation sites (tertiary alicyclic amines) is 1. The molecule has 33 heavy (non-hydrogen) atoms. The minimum Gasteiger partial charge on any atom is -0.367 e. The van der Waals surface area contributed by atoms with E-state index in [4.69, 9.17) is 0 Å². The van der Waals surface area contributed by atoms with Crippen LogP contribution in [0.3, 0.4) is 0 Å². The van der Waals surface area contributed by atoms with Crippen LogP contribution >= 0.6 is 11.3 Å². The first-order valence-electron chi connectivity index (χ1n) is 11.8. The highest BCUT2D eigenvalue weighted by atomic mass is 32.1. The molecule has 0 radical (unpaired) electrons. The zero-order valence-electron chi connectivity index (χ0n) is 18.7. The molecule has 3 heterocycles. The van der Waals surface area contributed by atoms with Gasteiger partial charge in [0.15, 0.2) is 0 Å². The molecule has 1 amide bonds. The van der Waals surface area contributed by atoms with Crippen LogP contribution in [0.5, 0.6) is 0 Å². The summed E-state index contributed by atoms with van der Waals surface area (Å²) in [4.78, 5) is 24.0. The smallest absolute Gasteiger partial charge is 0.222 e. The maximum Gasteiger partial charge on any atom is 0.222 e. The van der Waals surface area contributed by atoms with Crippen molar-refractivity contribution < 1.29 is 9.18 Å². The number of thiophene rings is 1. The Morgan fingerprint density at radius 3 is 2.70 bits per heavy atom. The second-order valence-corrected chi connectivity index (χ2v) is 10.2. The van der Waals surface area contributed by atoms with Crippen LogP contribution in [-0.2, 0) is 24.6 Å². The number of halogens is 1. The predicted octanol–water partition coefficient (Wildman–Crippen LogP) is 4.80. The molecule has 2 fully saturated rings. The largest absolute Gasteiger partial charge is 0.367 e. The lowest BCUT2D eigenvalue weighted by Crippen LogP contribution is -2.38. The SMILES string of the molecule is O=C1CCCN1Cc1ccc(CNC2CCCC(Nc3ncnc4sc(CF)cc34)C2)cc1. The van der Waals surface area contributed by atoms with Gasteiger partial charge in [-0.05, 0) is 49.3 Å². The summed E-state index contributed by atoms with van der Waals surface area (Å²) in [6.07, 6.45) is 7.68. The molecule has 1 aromatic carbocycles. The Labute approximate surface area is 197 Å². The number of anilines is 1. The van der Waals surface area contributed by atoms with Gasteiger partial charge in [0.1, 0.15) is 23.7 Å². The lowest BCUT2D eigenvalue weighted by molar-refractivity contribution is -0.128. The van der Waals surface area contributed by atoms with Crippen molar-refractivity contribution in [1.29, 1.82) is 0 Å². The summed E-state index contributed by atoms with van der Waals surface area (Å²) in [6, 6.07) is 11.3. The van der Waals surface area contributed by atoms with E-state index >= 15 is 0 Å². The minimum absolute atomic E-state index is 0.269. The molecule has 1 saturated carbocycles. The molecule has 2 atom stereocenters. The van der Waals surface area contributed by atoms with Crippen molar-refractivity contribution in [3.8, 4) is 0 Å². The Kier molecular flexibility index (Phi) is 6.83. The summed E-state index contributed by atoms with van der Waals surface area (Å²) < 4.78 is 13.1. The molecule has 6 nitrogen and oxygen atoms in total. The lowest BCUT2D eigenvalue weighted by Gasteiger charge is -2.31. The predicted molar refractivity (Wildman–Crippen MR) is 130 cm³/mol. The number of rotatable bonds is 8. The zero-order chi connectivity index (χ0) is 22.6. The summed E-state index contributed by atoms with van der Waals surface area (Å²) in [5, 5.41) is 8.23. The monoisotopic (exact) mass is 467 g/mol. The van der Waals surface area contributed by atoms with E-state index in [1.807, 2.05) is 11.0 Å². The van der Waals surface area contributed by atoms with Crippen LogP contribution in [0.4, 0.5) is 10.2 Å². The van der Waals surface area contributed by atoms with E-state index in [1.54, 1.807) is 6.33 Å². The topological polar surface area (TPSA) is 70.2 Å². The summed E-state index contributed by atoms with van der Waals surface area (Å²) >= 11 is 1.39.